The van der Waals surface area contributed by atoms with Gasteiger partial charge in [-0.15, -0.1) is 0 Å². The van der Waals surface area contributed by atoms with Crippen LogP contribution in [0.15, 0.2) is 28.7 Å². The van der Waals surface area contributed by atoms with E-state index in [0.717, 1.165) is 5.56 Å². The van der Waals surface area contributed by atoms with Crippen LogP contribution in [0.5, 0.6) is 0 Å². The summed E-state index contributed by atoms with van der Waals surface area (Å²) in [6, 6.07) is 7.25. The molecule has 0 aliphatic rings. The number of nitrogens with one attached hydrogen (secondary N) is 2. The fourth-order valence-electron chi connectivity index (χ4n) is 1.62. The number of methoxy groups -OCH3 is 1. The predicted molar refractivity (Wildman–Crippen MR) is 75.8 cm³/mol. The Hall–Kier alpha value is -2.90. The molecular formula is C14H14FN3O4. The van der Waals surface area contributed by atoms with E-state index in [0.29, 0.717) is 5.56 Å². The van der Waals surface area contributed by atoms with Gasteiger partial charge in [-0.2, -0.15) is 4.98 Å². The van der Waals surface area contributed by atoms with Crippen LogP contribution < -0.4 is 10.9 Å². The van der Waals surface area contributed by atoms with Crippen LogP contribution in [0.2, 0.25) is 0 Å². The number of ether oxygens (including phenoxy) is 1. The quantitative estimate of drug-likeness (QED) is 0.647. The van der Waals surface area contributed by atoms with Crippen LogP contribution in [0.1, 0.15) is 16.1 Å². The van der Waals surface area contributed by atoms with Gasteiger partial charge in [-0.25, -0.2) is 9.18 Å². The first-order chi connectivity index (χ1) is 10.5. The Balaban J connectivity index is 2.32. The Morgan fingerprint density at radius 3 is 2.59 bits per heavy atom. The second kappa shape index (κ2) is 6.70. The number of nitrogens with zero attached hydrogens (tertiary/aromatic N) is 1. The Bertz CT molecular complexity index is 682. The van der Waals surface area contributed by atoms with Crippen molar-refractivity contribution in [3.63, 3.8) is 0 Å². The van der Waals surface area contributed by atoms with E-state index in [1.165, 1.54) is 7.11 Å². The van der Waals surface area contributed by atoms with Crippen molar-refractivity contribution in [3.05, 3.63) is 35.5 Å². The maximum absolute atomic E-state index is 12.1. The Kier molecular flexibility index (Phi) is 4.72. The molecule has 0 bridgehead atoms. The summed E-state index contributed by atoms with van der Waals surface area (Å²) in [6.07, 6.45) is 0. The van der Waals surface area contributed by atoms with E-state index < -0.39 is 18.6 Å². The van der Waals surface area contributed by atoms with Crippen molar-refractivity contribution in [1.82, 2.24) is 10.4 Å². The molecule has 8 heteroatoms. The van der Waals surface area contributed by atoms with Gasteiger partial charge >= 0.3 is 5.97 Å². The van der Waals surface area contributed by atoms with Gasteiger partial charge < -0.3 is 9.15 Å². The summed E-state index contributed by atoms with van der Waals surface area (Å²) in [6.45, 7) is 0.720. The third kappa shape index (κ3) is 3.40. The molecule has 1 amide bonds. The summed E-state index contributed by atoms with van der Waals surface area (Å²) < 4.78 is 22.1. The number of carbonyl (C=O) groups excluding carboxylic acids is 2. The molecule has 0 saturated carbocycles. The molecule has 1 aromatic heterocycles. The standard InChI is InChI=1S/C14H14FN3O4/c1-8-3-5-9(6-4-8)12-16-11(14(20)21-2)13(22-12)18-17-10(19)7-15/h3-6,18H,7H2,1-2H3,(H,17,19). The van der Waals surface area contributed by atoms with Gasteiger partial charge in [0.15, 0.2) is 6.67 Å². The molecule has 0 spiro atoms. The minimum atomic E-state index is -1.21. The third-order valence-corrected chi connectivity index (χ3v) is 2.74. The van der Waals surface area contributed by atoms with E-state index in [4.69, 9.17) is 4.42 Å². The molecule has 0 aliphatic carbocycles. The first kappa shape index (κ1) is 15.5. The number of hydrogen-bond acceptors (Lipinski definition) is 6. The molecule has 2 N–H and O–H groups in total. The van der Waals surface area contributed by atoms with E-state index in [1.54, 1.807) is 12.1 Å². The minimum absolute atomic E-state index is 0.135. The van der Waals surface area contributed by atoms with Gasteiger partial charge in [-0.1, -0.05) is 17.7 Å². The monoisotopic (exact) mass is 307 g/mol. The SMILES string of the molecule is COC(=O)c1nc(-c2ccc(C)cc2)oc1NNC(=O)CF. The molecule has 0 fully saturated rings. The lowest BCUT2D eigenvalue weighted by Crippen LogP contribution is -2.31. The van der Waals surface area contributed by atoms with Crippen LogP contribution in [0.4, 0.5) is 10.3 Å². The lowest BCUT2D eigenvalue weighted by Gasteiger charge is -2.03. The number of alkyl halides is 1. The number of oxazole rings is 1. The maximum atomic E-state index is 12.1. The Labute approximate surface area is 125 Å². The number of amides is 1. The molecule has 7 nitrogen and oxygen atoms in total. The average Bonchev–Trinajstić information content (AvgIpc) is 2.96. The number of rotatable bonds is 5. The summed E-state index contributed by atoms with van der Waals surface area (Å²) in [5.74, 6) is -1.63. The van der Waals surface area contributed by atoms with Crippen LogP contribution in [0.25, 0.3) is 11.5 Å². The van der Waals surface area contributed by atoms with Gasteiger partial charge in [-0.05, 0) is 19.1 Å². The van der Waals surface area contributed by atoms with Gasteiger partial charge in [0.2, 0.25) is 17.5 Å². The highest BCUT2D eigenvalue weighted by Crippen LogP contribution is 2.26. The summed E-state index contributed by atoms with van der Waals surface area (Å²) in [7, 11) is 1.19. The van der Waals surface area contributed by atoms with Crippen molar-refractivity contribution in [2.24, 2.45) is 0 Å². The average molecular weight is 307 g/mol. The molecule has 0 unspecified atom stereocenters. The number of benzene rings is 1. The van der Waals surface area contributed by atoms with E-state index in [2.05, 4.69) is 15.1 Å². The number of halogens is 1. The van der Waals surface area contributed by atoms with E-state index in [-0.39, 0.29) is 17.5 Å². The van der Waals surface area contributed by atoms with Crippen molar-refractivity contribution in [2.75, 3.05) is 19.2 Å². The molecule has 116 valence electrons. The van der Waals surface area contributed by atoms with Gasteiger partial charge in [0.05, 0.1) is 7.11 Å². The number of esters is 1. The molecule has 22 heavy (non-hydrogen) atoms. The fraction of sp³-hybridized carbons (Fsp3) is 0.214. The molecule has 0 radical (unpaired) electrons. The van der Waals surface area contributed by atoms with Crippen molar-refractivity contribution in [2.45, 2.75) is 6.92 Å². The second-order valence-corrected chi connectivity index (χ2v) is 4.36. The Morgan fingerprint density at radius 2 is 2.00 bits per heavy atom. The topological polar surface area (TPSA) is 93.5 Å². The highest BCUT2D eigenvalue weighted by molar-refractivity contribution is 5.93. The lowest BCUT2D eigenvalue weighted by atomic mass is 10.1. The predicted octanol–water partition coefficient (Wildman–Crippen LogP) is 1.85. The molecule has 2 aromatic rings. The minimum Gasteiger partial charge on any atom is -0.464 e. The van der Waals surface area contributed by atoms with Crippen LogP contribution >= 0.6 is 0 Å². The van der Waals surface area contributed by atoms with Crippen LogP contribution in [0, 0.1) is 6.92 Å². The molecule has 1 heterocycles. The van der Waals surface area contributed by atoms with Gasteiger partial charge in [0, 0.05) is 5.56 Å². The highest BCUT2D eigenvalue weighted by atomic mass is 19.1. The number of hydrazine groups is 1. The van der Waals surface area contributed by atoms with E-state index in [9.17, 15) is 14.0 Å². The van der Waals surface area contributed by atoms with Gasteiger partial charge in [0.1, 0.15) is 0 Å². The van der Waals surface area contributed by atoms with Crippen molar-refractivity contribution < 1.29 is 23.1 Å². The number of aromatic nitrogens is 1. The number of hydrogen-bond donors (Lipinski definition) is 2. The number of carbonyl (C=O) groups is 2. The largest absolute Gasteiger partial charge is 0.464 e. The summed E-state index contributed by atoms with van der Waals surface area (Å²) in [5, 5.41) is 0. The summed E-state index contributed by atoms with van der Waals surface area (Å²) >= 11 is 0. The molecule has 0 saturated heterocycles. The highest BCUT2D eigenvalue weighted by Gasteiger charge is 2.22. The van der Waals surface area contributed by atoms with Gasteiger partial charge in [0.25, 0.3) is 5.91 Å². The fourth-order valence-corrected chi connectivity index (χ4v) is 1.62. The zero-order valence-electron chi connectivity index (χ0n) is 12.0. The van der Waals surface area contributed by atoms with E-state index >= 15 is 0 Å². The maximum Gasteiger partial charge on any atom is 0.362 e. The molecule has 2 rings (SSSR count). The zero-order valence-corrected chi connectivity index (χ0v) is 12.0. The van der Waals surface area contributed by atoms with E-state index in [1.807, 2.05) is 24.5 Å². The van der Waals surface area contributed by atoms with Crippen LogP contribution in [-0.2, 0) is 9.53 Å². The molecule has 0 aliphatic heterocycles. The number of aryl methyl sites for hydroxylation is 1. The molecule has 1 aromatic carbocycles. The first-order valence-electron chi connectivity index (χ1n) is 6.32. The summed E-state index contributed by atoms with van der Waals surface area (Å²) in [5.41, 5.74) is 5.88. The van der Waals surface area contributed by atoms with Crippen molar-refractivity contribution in [1.29, 1.82) is 0 Å². The van der Waals surface area contributed by atoms with Crippen molar-refractivity contribution >= 4 is 17.8 Å². The third-order valence-electron chi connectivity index (χ3n) is 2.74. The normalized spacial score (nSPS) is 10.1. The second-order valence-electron chi connectivity index (χ2n) is 4.36. The lowest BCUT2D eigenvalue weighted by molar-refractivity contribution is -0.121. The van der Waals surface area contributed by atoms with Crippen LogP contribution in [0.3, 0.4) is 0 Å². The zero-order chi connectivity index (χ0) is 16.1. The summed E-state index contributed by atoms with van der Waals surface area (Å²) in [4.78, 5) is 26.6. The van der Waals surface area contributed by atoms with Gasteiger partial charge in [-0.3, -0.25) is 15.6 Å². The number of anilines is 1. The molecule has 0 atom stereocenters. The Morgan fingerprint density at radius 1 is 1.32 bits per heavy atom. The molecular weight excluding hydrogens is 293 g/mol. The van der Waals surface area contributed by atoms with Crippen molar-refractivity contribution in [3.8, 4) is 11.5 Å². The van der Waals surface area contributed by atoms with Crippen LogP contribution in [-0.4, -0.2) is 30.6 Å². The smallest absolute Gasteiger partial charge is 0.362 e. The first-order valence-corrected chi connectivity index (χ1v) is 6.32.